The van der Waals surface area contributed by atoms with Crippen LogP contribution in [0.1, 0.15) is 69.6 Å². The topological polar surface area (TPSA) is 271 Å². The normalized spacial score (nSPS) is 12.9. The molecule has 0 fully saturated rings. The van der Waals surface area contributed by atoms with E-state index in [0.717, 1.165) is 5.56 Å². The quantitative estimate of drug-likeness (QED) is 0.0172. The first-order valence-corrected chi connectivity index (χ1v) is 20.4. The second-order valence-corrected chi connectivity index (χ2v) is 15.7. The van der Waals surface area contributed by atoms with Gasteiger partial charge in [-0.15, -0.1) is 0 Å². The molecule has 0 spiro atoms. The van der Waals surface area contributed by atoms with Gasteiger partial charge in [-0.1, -0.05) is 60.7 Å². The summed E-state index contributed by atoms with van der Waals surface area (Å²) < 4.78 is 83.3. The maximum Gasteiger partial charge on any atom is 0.408 e. The molecule has 0 saturated heterocycles. The van der Waals surface area contributed by atoms with E-state index in [4.69, 9.17) is 26.7 Å². The molecule has 17 nitrogen and oxygen atoms in total. The Hall–Kier alpha value is -7.00. The number of aliphatic imine (C=N–C) groups is 1. The van der Waals surface area contributed by atoms with Gasteiger partial charge in [-0.25, -0.2) is 31.5 Å². The van der Waals surface area contributed by atoms with E-state index in [2.05, 4.69) is 31.6 Å². The SMILES string of the molecule is CC(C)(C)OC(=O)N[C@@H](Cc1ccccc1)C(=O)N[C@H](CCCN=C(N)N)C(=O)N[C@@H](Cc1c(F)c(F)c(F)c(F)c1F)C(=O)N[C@@H](CCCCNC(=O)OCc1ccccc1)C(N)=O. The number of rotatable bonds is 23. The Morgan fingerprint density at radius 3 is 1.65 bits per heavy atom. The van der Waals surface area contributed by atoms with Gasteiger partial charge in [0.2, 0.25) is 29.4 Å². The predicted molar refractivity (Wildman–Crippen MR) is 227 cm³/mol. The number of ether oxygens (including phenoxy) is 2. The minimum absolute atomic E-state index is 0.00300. The molecule has 0 unspecified atom stereocenters. The molecule has 0 bridgehead atoms. The number of unbranched alkanes of at least 4 members (excludes halogenated alkanes) is 1. The van der Waals surface area contributed by atoms with Gasteiger partial charge in [-0.2, -0.15) is 0 Å². The summed E-state index contributed by atoms with van der Waals surface area (Å²) in [7, 11) is 0. The molecule has 0 saturated carbocycles. The van der Waals surface area contributed by atoms with Crippen molar-refractivity contribution < 1.29 is 60.2 Å². The van der Waals surface area contributed by atoms with Gasteiger partial charge in [0.25, 0.3) is 0 Å². The zero-order chi connectivity index (χ0) is 48.3. The molecule has 0 aliphatic heterocycles. The maximum atomic E-state index is 15.0. The van der Waals surface area contributed by atoms with Gasteiger partial charge >= 0.3 is 12.2 Å². The van der Waals surface area contributed by atoms with Crippen molar-refractivity contribution >= 4 is 41.8 Å². The summed E-state index contributed by atoms with van der Waals surface area (Å²) in [6.45, 7) is 4.77. The predicted octanol–water partition coefficient (Wildman–Crippen LogP) is 3.15. The molecule has 22 heteroatoms. The van der Waals surface area contributed by atoms with Crippen LogP contribution in [0.25, 0.3) is 0 Å². The Morgan fingerprint density at radius 1 is 0.600 bits per heavy atom. The lowest BCUT2D eigenvalue weighted by atomic mass is 10.0. The summed E-state index contributed by atoms with van der Waals surface area (Å²) >= 11 is 0. The third kappa shape index (κ3) is 18.0. The van der Waals surface area contributed by atoms with Crippen molar-refractivity contribution in [3.05, 3.63) is 106 Å². The number of primary amides is 1. The van der Waals surface area contributed by atoms with Crippen molar-refractivity contribution in [3.63, 3.8) is 0 Å². The van der Waals surface area contributed by atoms with Gasteiger partial charge in [-0.05, 0) is 64.0 Å². The minimum Gasteiger partial charge on any atom is -0.445 e. The molecule has 0 heterocycles. The standard InChI is InChI=1S/C43H54F5N9O8/c1-43(2,3)65-42(63)57-29(21-24-13-6-4-7-14-24)38(60)55-28(18-12-20-52-40(50)51)37(59)56-30(22-26-31(44)33(46)35(48)34(47)32(26)45)39(61)54-27(36(49)58)17-10-11-19-53-41(62)64-23-25-15-8-5-9-16-25/h4-9,13-16,27-30H,10-12,17-23H2,1-3H3,(H2,49,58)(H,53,62)(H,54,61)(H,55,60)(H,56,59)(H,57,63)(H4,50,51,52)/t27-,28+,29-,30-/m0/s1. The number of halogens is 5. The molecule has 0 aliphatic rings. The average Bonchev–Trinajstić information content (AvgIpc) is 3.25. The van der Waals surface area contributed by atoms with Crippen LogP contribution in [0.5, 0.6) is 0 Å². The van der Waals surface area contributed by atoms with E-state index in [-0.39, 0.29) is 64.2 Å². The Balaban J connectivity index is 1.88. The molecule has 4 atom stereocenters. The highest BCUT2D eigenvalue weighted by Gasteiger charge is 2.35. The average molecular weight is 920 g/mol. The zero-order valence-corrected chi connectivity index (χ0v) is 36.0. The number of nitrogens with one attached hydrogen (secondary N) is 5. The number of benzene rings is 3. The minimum atomic E-state index is -2.48. The second kappa shape index (κ2) is 25.3. The van der Waals surface area contributed by atoms with E-state index in [1.807, 2.05) is 0 Å². The molecule has 3 aromatic carbocycles. The summed E-state index contributed by atoms with van der Waals surface area (Å²) in [6, 6.07) is 10.6. The van der Waals surface area contributed by atoms with E-state index in [0.29, 0.717) is 5.56 Å². The van der Waals surface area contributed by atoms with E-state index < -0.39 is 107 Å². The van der Waals surface area contributed by atoms with Crippen molar-refractivity contribution in [3.8, 4) is 0 Å². The zero-order valence-electron chi connectivity index (χ0n) is 36.0. The van der Waals surface area contributed by atoms with Crippen molar-refractivity contribution in [1.82, 2.24) is 26.6 Å². The third-order valence-electron chi connectivity index (χ3n) is 9.27. The largest absolute Gasteiger partial charge is 0.445 e. The third-order valence-corrected chi connectivity index (χ3v) is 9.27. The van der Waals surface area contributed by atoms with E-state index in [1.54, 1.807) is 81.4 Å². The van der Waals surface area contributed by atoms with Crippen LogP contribution in [-0.2, 0) is 48.1 Å². The fourth-order valence-electron chi connectivity index (χ4n) is 6.06. The Kier molecular flexibility index (Phi) is 20.4. The molecule has 6 amide bonds. The van der Waals surface area contributed by atoms with Crippen LogP contribution in [-0.4, -0.2) is 84.6 Å². The molecule has 0 aliphatic carbocycles. The van der Waals surface area contributed by atoms with Crippen LogP contribution in [0.3, 0.4) is 0 Å². The van der Waals surface area contributed by atoms with Crippen LogP contribution >= 0.6 is 0 Å². The Bertz CT molecular complexity index is 2110. The number of carbonyl (C=O) groups is 6. The van der Waals surface area contributed by atoms with Crippen molar-refractivity contribution in [2.75, 3.05) is 13.1 Å². The molecular formula is C43H54F5N9O8. The lowest BCUT2D eigenvalue weighted by Crippen LogP contribution is -2.59. The second-order valence-electron chi connectivity index (χ2n) is 15.7. The summed E-state index contributed by atoms with van der Waals surface area (Å²) in [5.41, 5.74) is 15.2. The monoisotopic (exact) mass is 919 g/mol. The molecule has 65 heavy (non-hydrogen) atoms. The summed E-state index contributed by atoms with van der Waals surface area (Å²) in [4.78, 5) is 83.1. The highest BCUT2D eigenvalue weighted by Crippen LogP contribution is 2.24. The number of nitrogens with zero attached hydrogens (tertiary/aromatic N) is 1. The number of guanidine groups is 1. The highest BCUT2D eigenvalue weighted by molar-refractivity contribution is 5.95. The van der Waals surface area contributed by atoms with Crippen LogP contribution in [0, 0.1) is 29.1 Å². The van der Waals surface area contributed by atoms with E-state index in [9.17, 15) is 41.9 Å². The van der Waals surface area contributed by atoms with Gasteiger partial charge in [0.1, 0.15) is 36.4 Å². The van der Waals surface area contributed by atoms with Gasteiger partial charge in [0.05, 0.1) is 0 Å². The summed E-state index contributed by atoms with van der Waals surface area (Å²) in [6.07, 6.45) is -3.22. The number of nitrogens with two attached hydrogens (primary N) is 3. The van der Waals surface area contributed by atoms with Gasteiger partial charge in [0.15, 0.2) is 29.2 Å². The smallest absolute Gasteiger partial charge is 0.408 e. The lowest BCUT2D eigenvalue weighted by molar-refractivity contribution is -0.133. The number of amides is 6. The Labute approximate surface area is 371 Å². The summed E-state index contributed by atoms with van der Waals surface area (Å²) in [5.74, 6) is -16.6. The van der Waals surface area contributed by atoms with Gasteiger partial charge in [0, 0.05) is 31.5 Å². The summed E-state index contributed by atoms with van der Waals surface area (Å²) in [5, 5.41) is 11.9. The number of hydrogen-bond donors (Lipinski definition) is 8. The molecule has 3 rings (SSSR count). The van der Waals surface area contributed by atoms with Crippen molar-refractivity contribution in [2.45, 2.75) is 102 Å². The highest BCUT2D eigenvalue weighted by atomic mass is 19.2. The number of hydrogen-bond acceptors (Lipinski definition) is 9. The van der Waals surface area contributed by atoms with Crippen LogP contribution in [0.4, 0.5) is 31.5 Å². The van der Waals surface area contributed by atoms with E-state index in [1.165, 1.54) is 0 Å². The molecule has 0 radical (unpaired) electrons. The van der Waals surface area contributed by atoms with Gasteiger partial charge < -0.3 is 53.3 Å². The molecule has 11 N–H and O–H groups in total. The fraction of sp³-hybridized carbons (Fsp3) is 0.419. The van der Waals surface area contributed by atoms with Gasteiger partial charge in [-0.3, -0.25) is 24.2 Å². The van der Waals surface area contributed by atoms with Crippen molar-refractivity contribution in [1.29, 1.82) is 0 Å². The molecule has 354 valence electrons. The van der Waals surface area contributed by atoms with Crippen LogP contribution in [0.15, 0.2) is 65.7 Å². The van der Waals surface area contributed by atoms with Crippen molar-refractivity contribution in [2.24, 2.45) is 22.2 Å². The molecule has 0 aromatic heterocycles. The number of alkyl carbamates (subject to hydrolysis) is 2. The maximum absolute atomic E-state index is 15.0. The number of carbonyl (C=O) groups excluding carboxylic acids is 6. The first kappa shape index (κ1) is 52.3. The fourth-order valence-corrected chi connectivity index (χ4v) is 6.06. The lowest BCUT2D eigenvalue weighted by Gasteiger charge is -2.27. The Morgan fingerprint density at radius 2 is 1.09 bits per heavy atom. The first-order chi connectivity index (χ1) is 30.7. The van der Waals surface area contributed by atoms with E-state index >= 15 is 8.78 Å². The molecule has 3 aromatic rings. The van der Waals surface area contributed by atoms with Crippen LogP contribution < -0.4 is 43.8 Å². The van der Waals surface area contributed by atoms with Crippen LogP contribution in [0.2, 0.25) is 0 Å². The first-order valence-electron chi connectivity index (χ1n) is 20.4. The molecular weight excluding hydrogens is 866 g/mol.